The number of halogens is 1. The Morgan fingerprint density at radius 3 is 2.95 bits per heavy atom. The Balaban J connectivity index is 1.61. The molecule has 4 unspecified atom stereocenters. The number of amides is 1. The molecule has 0 saturated carbocycles. The lowest BCUT2D eigenvalue weighted by Crippen LogP contribution is -2.61. The molecule has 2 aliphatic heterocycles. The fourth-order valence-electron chi connectivity index (χ4n) is 3.15. The highest BCUT2D eigenvalue weighted by atomic mass is 35.5. The number of benzene rings is 1. The molecule has 22 heavy (non-hydrogen) atoms. The van der Waals surface area contributed by atoms with Crippen molar-refractivity contribution in [2.24, 2.45) is 5.92 Å². The first-order valence-corrected chi connectivity index (χ1v) is 8.26. The second-order valence-corrected chi connectivity index (χ2v) is 6.36. The Kier molecular flexibility index (Phi) is 5.31. The summed E-state index contributed by atoms with van der Waals surface area (Å²) in [6.45, 7) is 2.23. The van der Waals surface area contributed by atoms with Crippen molar-refractivity contribution in [2.45, 2.75) is 30.4 Å². The van der Waals surface area contributed by atoms with Gasteiger partial charge in [0.15, 0.2) is 0 Å². The van der Waals surface area contributed by atoms with Gasteiger partial charge < -0.3 is 10.1 Å². The first-order valence-electron chi connectivity index (χ1n) is 7.82. The number of hydrogen-bond acceptors (Lipinski definition) is 4. The van der Waals surface area contributed by atoms with Gasteiger partial charge in [-0.05, 0) is 18.4 Å². The summed E-state index contributed by atoms with van der Waals surface area (Å²) in [6, 6.07) is 10.3. The summed E-state index contributed by atoms with van der Waals surface area (Å²) in [4.78, 5) is 11.6. The maximum absolute atomic E-state index is 11.6. The number of alkyl halides is 1. The molecule has 6 heteroatoms. The number of nitrogens with one attached hydrogen (secondary N) is 3. The molecule has 0 aliphatic carbocycles. The lowest BCUT2D eigenvalue weighted by Gasteiger charge is -2.35. The van der Waals surface area contributed by atoms with Crippen molar-refractivity contribution in [3.8, 4) is 0 Å². The molecular formula is C16H22ClN3O2. The van der Waals surface area contributed by atoms with Crippen molar-refractivity contribution in [1.82, 2.24) is 16.2 Å². The molecule has 2 fully saturated rings. The van der Waals surface area contributed by atoms with Crippen molar-refractivity contribution in [1.29, 1.82) is 0 Å². The van der Waals surface area contributed by atoms with Gasteiger partial charge in [0.25, 0.3) is 5.91 Å². The number of rotatable bonds is 4. The minimum atomic E-state index is -0.541. The summed E-state index contributed by atoms with van der Waals surface area (Å²) in [6.07, 6.45) is 2.30. The SMILES string of the molecule is O=C1NNCC(NCC2CCCOC2c2ccccc2)C1Cl. The zero-order valence-corrected chi connectivity index (χ0v) is 13.2. The first-order chi connectivity index (χ1) is 10.8. The van der Waals surface area contributed by atoms with Crippen LogP contribution in [0.1, 0.15) is 24.5 Å². The number of hydrogen-bond donors (Lipinski definition) is 3. The second-order valence-electron chi connectivity index (χ2n) is 5.89. The molecule has 4 atom stereocenters. The lowest BCUT2D eigenvalue weighted by molar-refractivity contribution is -0.123. The third kappa shape index (κ3) is 3.60. The molecule has 1 aromatic carbocycles. The molecule has 1 amide bonds. The highest BCUT2D eigenvalue weighted by molar-refractivity contribution is 6.31. The van der Waals surface area contributed by atoms with Gasteiger partial charge in [-0.2, -0.15) is 0 Å². The van der Waals surface area contributed by atoms with Crippen LogP contribution in [0.15, 0.2) is 30.3 Å². The number of ether oxygens (including phenoxy) is 1. The van der Waals surface area contributed by atoms with Gasteiger partial charge in [0.05, 0.1) is 6.10 Å². The first kappa shape index (κ1) is 15.7. The maximum Gasteiger partial charge on any atom is 0.253 e. The molecule has 2 saturated heterocycles. The third-order valence-corrected chi connectivity index (χ3v) is 4.85. The highest BCUT2D eigenvalue weighted by Crippen LogP contribution is 2.33. The normalized spacial score (nSPS) is 32.5. The number of carbonyl (C=O) groups is 1. The Labute approximate surface area is 135 Å². The van der Waals surface area contributed by atoms with E-state index >= 15 is 0 Å². The van der Waals surface area contributed by atoms with Crippen LogP contribution in [0.4, 0.5) is 0 Å². The van der Waals surface area contributed by atoms with E-state index in [0.29, 0.717) is 12.5 Å². The molecule has 2 aliphatic rings. The average Bonchev–Trinajstić information content (AvgIpc) is 2.57. The van der Waals surface area contributed by atoms with Gasteiger partial charge in [-0.3, -0.25) is 10.2 Å². The molecule has 3 rings (SSSR count). The van der Waals surface area contributed by atoms with E-state index in [0.717, 1.165) is 26.0 Å². The van der Waals surface area contributed by atoms with Crippen LogP contribution < -0.4 is 16.2 Å². The average molecular weight is 324 g/mol. The molecule has 120 valence electrons. The second kappa shape index (κ2) is 7.42. The number of carbonyl (C=O) groups excluding carboxylic acids is 1. The zero-order valence-electron chi connectivity index (χ0n) is 12.4. The smallest absolute Gasteiger partial charge is 0.253 e. The van der Waals surface area contributed by atoms with E-state index in [4.69, 9.17) is 16.3 Å². The van der Waals surface area contributed by atoms with E-state index in [1.165, 1.54) is 5.56 Å². The van der Waals surface area contributed by atoms with E-state index in [1.807, 2.05) is 18.2 Å². The summed E-state index contributed by atoms with van der Waals surface area (Å²) in [5, 5.41) is 2.90. The quantitative estimate of drug-likeness (QED) is 0.732. The van der Waals surface area contributed by atoms with Crippen LogP contribution in [0.5, 0.6) is 0 Å². The topological polar surface area (TPSA) is 62.4 Å². The molecule has 2 heterocycles. The van der Waals surface area contributed by atoms with E-state index in [9.17, 15) is 4.79 Å². The molecule has 0 bridgehead atoms. The molecule has 5 nitrogen and oxygen atoms in total. The molecule has 0 radical (unpaired) electrons. The molecule has 3 N–H and O–H groups in total. The standard InChI is InChI=1S/C16H22ClN3O2/c17-14-13(10-19-20-16(14)21)18-9-12-7-4-8-22-15(12)11-5-2-1-3-6-11/h1-3,5-6,12-15,18-19H,4,7-10H2,(H,20,21). The Morgan fingerprint density at radius 2 is 2.14 bits per heavy atom. The number of hydrazine groups is 1. The maximum atomic E-state index is 11.6. The van der Waals surface area contributed by atoms with Gasteiger partial charge in [-0.25, -0.2) is 5.43 Å². The highest BCUT2D eigenvalue weighted by Gasteiger charge is 2.32. The summed E-state index contributed by atoms with van der Waals surface area (Å²) < 4.78 is 6.00. The predicted octanol–water partition coefficient (Wildman–Crippen LogP) is 1.35. The van der Waals surface area contributed by atoms with Gasteiger partial charge >= 0.3 is 0 Å². The van der Waals surface area contributed by atoms with Crippen LogP contribution in [0, 0.1) is 5.92 Å². The monoisotopic (exact) mass is 323 g/mol. The lowest BCUT2D eigenvalue weighted by atomic mass is 9.89. The molecule has 1 aromatic rings. The van der Waals surface area contributed by atoms with Crippen LogP contribution >= 0.6 is 11.6 Å². The van der Waals surface area contributed by atoms with Crippen molar-refractivity contribution >= 4 is 17.5 Å². The van der Waals surface area contributed by atoms with Gasteiger partial charge in [-0.1, -0.05) is 30.3 Å². The Morgan fingerprint density at radius 1 is 1.32 bits per heavy atom. The van der Waals surface area contributed by atoms with Crippen LogP contribution in [0.25, 0.3) is 0 Å². The molecular weight excluding hydrogens is 302 g/mol. The minimum absolute atomic E-state index is 0.0613. The minimum Gasteiger partial charge on any atom is -0.373 e. The van der Waals surface area contributed by atoms with Gasteiger partial charge in [0.2, 0.25) is 0 Å². The molecule has 0 spiro atoms. The largest absolute Gasteiger partial charge is 0.373 e. The van der Waals surface area contributed by atoms with Crippen molar-refractivity contribution < 1.29 is 9.53 Å². The van der Waals surface area contributed by atoms with Crippen molar-refractivity contribution in [3.63, 3.8) is 0 Å². The van der Waals surface area contributed by atoms with Crippen LogP contribution in [0.2, 0.25) is 0 Å². The zero-order chi connectivity index (χ0) is 15.4. The van der Waals surface area contributed by atoms with Gasteiger partial charge in [0, 0.05) is 31.7 Å². The van der Waals surface area contributed by atoms with E-state index < -0.39 is 5.38 Å². The summed E-state index contributed by atoms with van der Waals surface area (Å²) >= 11 is 6.16. The fourth-order valence-corrected chi connectivity index (χ4v) is 3.38. The predicted molar refractivity (Wildman–Crippen MR) is 85.4 cm³/mol. The van der Waals surface area contributed by atoms with E-state index in [-0.39, 0.29) is 18.1 Å². The van der Waals surface area contributed by atoms with Crippen LogP contribution in [0.3, 0.4) is 0 Å². The Bertz CT molecular complexity index is 499. The fraction of sp³-hybridized carbons (Fsp3) is 0.562. The van der Waals surface area contributed by atoms with Crippen molar-refractivity contribution in [2.75, 3.05) is 19.7 Å². The van der Waals surface area contributed by atoms with Crippen molar-refractivity contribution in [3.05, 3.63) is 35.9 Å². The van der Waals surface area contributed by atoms with Crippen LogP contribution in [-0.2, 0) is 9.53 Å². The third-order valence-electron chi connectivity index (χ3n) is 4.35. The van der Waals surface area contributed by atoms with Gasteiger partial charge in [-0.15, -0.1) is 11.6 Å². The van der Waals surface area contributed by atoms with Gasteiger partial charge in [0.1, 0.15) is 5.38 Å². The van der Waals surface area contributed by atoms with Crippen LogP contribution in [-0.4, -0.2) is 37.0 Å². The molecule has 0 aromatic heterocycles. The Hall–Kier alpha value is -1.14. The van der Waals surface area contributed by atoms with E-state index in [1.54, 1.807) is 0 Å². The summed E-state index contributed by atoms with van der Waals surface area (Å²) in [7, 11) is 0. The summed E-state index contributed by atoms with van der Waals surface area (Å²) in [5.74, 6) is 0.218. The summed E-state index contributed by atoms with van der Waals surface area (Å²) in [5.41, 5.74) is 6.64. The van der Waals surface area contributed by atoms with E-state index in [2.05, 4.69) is 28.3 Å².